The van der Waals surface area contributed by atoms with Crippen LogP contribution in [-0.4, -0.2) is 26.2 Å². The maximum absolute atomic E-state index is 11.8. The average Bonchev–Trinajstić information content (AvgIpc) is 2.23. The zero-order chi connectivity index (χ0) is 13.2. The predicted octanol–water partition coefficient (Wildman–Crippen LogP) is 2.31. The number of benzene rings is 1. The van der Waals surface area contributed by atoms with Crippen LogP contribution in [-0.2, 0) is 10.0 Å². The summed E-state index contributed by atoms with van der Waals surface area (Å²) >= 11 is 17.2. The molecule has 0 aliphatic rings. The largest absolute Gasteiger partial charge is 0.392 e. The monoisotopic (exact) mass is 317 g/mol. The van der Waals surface area contributed by atoms with Gasteiger partial charge in [0, 0.05) is 6.54 Å². The van der Waals surface area contributed by atoms with Crippen LogP contribution in [0.2, 0.25) is 15.1 Å². The smallest absolute Gasteiger partial charge is 0.242 e. The van der Waals surface area contributed by atoms with Crippen LogP contribution in [0.5, 0.6) is 0 Å². The van der Waals surface area contributed by atoms with Gasteiger partial charge in [-0.15, -0.1) is 0 Å². The Morgan fingerprint density at radius 1 is 1.29 bits per heavy atom. The maximum atomic E-state index is 11.8. The van der Waals surface area contributed by atoms with Gasteiger partial charge in [0.25, 0.3) is 0 Å². The normalized spacial score (nSPS) is 13.7. The van der Waals surface area contributed by atoms with Crippen molar-refractivity contribution in [2.45, 2.75) is 17.9 Å². The van der Waals surface area contributed by atoms with Crippen LogP contribution in [0.25, 0.3) is 0 Å². The molecule has 0 aliphatic carbocycles. The molecule has 0 bridgehead atoms. The van der Waals surface area contributed by atoms with Gasteiger partial charge in [0.1, 0.15) is 4.90 Å². The van der Waals surface area contributed by atoms with Gasteiger partial charge in [0.2, 0.25) is 10.0 Å². The molecular weight excluding hydrogens is 309 g/mol. The van der Waals surface area contributed by atoms with Gasteiger partial charge >= 0.3 is 0 Å². The second-order valence-corrected chi connectivity index (χ2v) is 6.27. The van der Waals surface area contributed by atoms with E-state index in [2.05, 4.69) is 4.72 Å². The van der Waals surface area contributed by atoms with Crippen LogP contribution in [0.15, 0.2) is 17.0 Å². The van der Waals surface area contributed by atoms with Gasteiger partial charge in [-0.05, 0) is 19.1 Å². The van der Waals surface area contributed by atoms with Gasteiger partial charge in [0.15, 0.2) is 0 Å². The van der Waals surface area contributed by atoms with Gasteiger partial charge in [-0.3, -0.25) is 0 Å². The van der Waals surface area contributed by atoms with Gasteiger partial charge in [-0.25, -0.2) is 13.1 Å². The summed E-state index contributed by atoms with van der Waals surface area (Å²) in [5.74, 6) is 0. The van der Waals surface area contributed by atoms with E-state index in [4.69, 9.17) is 39.9 Å². The van der Waals surface area contributed by atoms with Crippen molar-refractivity contribution in [1.29, 1.82) is 0 Å². The first-order chi connectivity index (χ1) is 7.75. The second kappa shape index (κ2) is 5.73. The molecule has 1 aromatic rings. The van der Waals surface area contributed by atoms with Crippen LogP contribution in [0.4, 0.5) is 0 Å². The highest BCUT2D eigenvalue weighted by atomic mass is 35.5. The van der Waals surface area contributed by atoms with E-state index in [0.717, 1.165) is 0 Å². The summed E-state index contributed by atoms with van der Waals surface area (Å²) in [6, 6.07) is 2.59. The number of aliphatic hydroxyl groups is 1. The van der Waals surface area contributed by atoms with E-state index in [1.54, 1.807) is 0 Å². The minimum Gasteiger partial charge on any atom is -0.392 e. The number of aliphatic hydroxyl groups excluding tert-OH is 1. The highest BCUT2D eigenvalue weighted by Gasteiger charge is 2.21. The lowest BCUT2D eigenvalue weighted by molar-refractivity contribution is 0.198. The predicted molar refractivity (Wildman–Crippen MR) is 68.3 cm³/mol. The molecule has 0 heterocycles. The number of rotatable bonds is 4. The Bertz CT molecular complexity index is 516. The molecule has 0 saturated carbocycles. The highest BCUT2D eigenvalue weighted by molar-refractivity contribution is 7.89. The highest BCUT2D eigenvalue weighted by Crippen LogP contribution is 2.34. The van der Waals surface area contributed by atoms with Crippen molar-refractivity contribution in [3.8, 4) is 0 Å². The average molecular weight is 319 g/mol. The van der Waals surface area contributed by atoms with Crippen molar-refractivity contribution in [2.24, 2.45) is 0 Å². The molecule has 4 nitrogen and oxygen atoms in total. The van der Waals surface area contributed by atoms with Crippen molar-refractivity contribution in [1.82, 2.24) is 4.72 Å². The quantitative estimate of drug-likeness (QED) is 0.837. The third kappa shape index (κ3) is 3.71. The first-order valence-electron chi connectivity index (χ1n) is 4.57. The standard InChI is InChI=1S/C9H10Cl3NO3S/c1-5(14)4-13-17(15,16)7-3-2-6(10)8(11)9(7)12/h2-3,5,13-14H,4H2,1H3/t5-/m0/s1. The van der Waals surface area contributed by atoms with Crippen molar-refractivity contribution in [2.75, 3.05) is 6.54 Å². The zero-order valence-corrected chi connectivity index (χ0v) is 11.8. The number of sulfonamides is 1. The molecule has 0 spiro atoms. The van der Waals surface area contributed by atoms with Crippen molar-refractivity contribution in [3.63, 3.8) is 0 Å². The molecule has 0 aliphatic heterocycles. The van der Waals surface area contributed by atoms with Crippen LogP contribution >= 0.6 is 34.8 Å². The molecule has 17 heavy (non-hydrogen) atoms. The van der Waals surface area contributed by atoms with E-state index >= 15 is 0 Å². The molecule has 0 unspecified atom stereocenters. The SMILES string of the molecule is C[C@H](O)CNS(=O)(=O)c1ccc(Cl)c(Cl)c1Cl. The topological polar surface area (TPSA) is 66.4 Å². The molecule has 1 aromatic carbocycles. The van der Waals surface area contributed by atoms with E-state index < -0.39 is 16.1 Å². The van der Waals surface area contributed by atoms with Gasteiger partial charge in [-0.1, -0.05) is 34.8 Å². The number of halogens is 3. The summed E-state index contributed by atoms with van der Waals surface area (Å²) in [5.41, 5.74) is 0. The first kappa shape index (κ1) is 15.0. The molecule has 2 N–H and O–H groups in total. The van der Waals surface area contributed by atoms with E-state index in [9.17, 15) is 8.42 Å². The van der Waals surface area contributed by atoms with E-state index in [1.165, 1.54) is 19.1 Å². The fraction of sp³-hybridized carbons (Fsp3) is 0.333. The third-order valence-electron chi connectivity index (χ3n) is 1.86. The molecule has 0 saturated heterocycles. The minimum atomic E-state index is -3.81. The fourth-order valence-electron chi connectivity index (χ4n) is 1.02. The lowest BCUT2D eigenvalue weighted by Gasteiger charge is -2.10. The van der Waals surface area contributed by atoms with Gasteiger partial charge < -0.3 is 5.11 Å². The Labute approximate surface area is 115 Å². The van der Waals surface area contributed by atoms with Crippen molar-refractivity contribution in [3.05, 3.63) is 27.2 Å². The minimum absolute atomic E-state index is 0.0201. The maximum Gasteiger partial charge on any atom is 0.242 e. The summed E-state index contributed by atoms with van der Waals surface area (Å²) < 4.78 is 25.8. The Balaban J connectivity index is 3.12. The zero-order valence-electron chi connectivity index (χ0n) is 8.75. The van der Waals surface area contributed by atoms with Crippen LogP contribution < -0.4 is 4.72 Å². The molecule has 0 aromatic heterocycles. The Morgan fingerprint density at radius 2 is 1.88 bits per heavy atom. The van der Waals surface area contributed by atoms with Crippen molar-refractivity contribution < 1.29 is 13.5 Å². The number of nitrogens with one attached hydrogen (secondary N) is 1. The summed E-state index contributed by atoms with van der Waals surface area (Å²) in [6.45, 7) is 1.35. The molecule has 1 rings (SSSR count). The van der Waals surface area contributed by atoms with Crippen LogP contribution in [0, 0.1) is 0 Å². The van der Waals surface area contributed by atoms with Gasteiger partial charge in [-0.2, -0.15) is 0 Å². The number of hydrogen-bond donors (Lipinski definition) is 2. The van der Waals surface area contributed by atoms with Crippen LogP contribution in [0.1, 0.15) is 6.92 Å². The lowest BCUT2D eigenvalue weighted by atomic mass is 10.4. The van der Waals surface area contributed by atoms with Crippen molar-refractivity contribution >= 4 is 44.8 Å². The molecule has 8 heteroatoms. The summed E-state index contributed by atoms with van der Waals surface area (Å²) in [5, 5.41) is 9.03. The molecule has 96 valence electrons. The Hall–Kier alpha value is -0.0400. The second-order valence-electron chi connectivity index (χ2n) is 3.37. The Morgan fingerprint density at radius 3 is 2.41 bits per heavy atom. The van der Waals surface area contributed by atoms with Gasteiger partial charge in [0.05, 0.1) is 21.2 Å². The van der Waals surface area contributed by atoms with E-state index in [-0.39, 0.29) is 26.5 Å². The lowest BCUT2D eigenvalue weighted by Crippen LogP contribution is -2.30. The first-order valence-corrected chi connectivity index (χ1v) is 7.18. The third-order valence-corrected chi connectivity index (χ3v) is 4.73. The Kier molecular flexibility index (Phi) is 5.07. The summed E-state index contributed by atoms with van der Waals surface area (Å²) in [7, 11) is -3.81. The van der Waals surface area contributed by atoms with E-state index in [1.807, 2.05) is 0 Å². The summed E-state index contributed by atoms with van der Waals surface area (Å²) in [6.07, 6.45) is -0.800. The molecule has 0 radical (unpaired) electrons. The van der Waals surface area contributed by atoms with E-state index in [0.29, 0.717) is 0 Å². The molecule has 0 fully saturated rings. The van der Waals surface area contributed by atoms with Crippen LogP contribution in [0.3, 0.4) is 0 Å². The fourth-order valence-corrected chi connectivity index (χ4v) is 3.12. The number of hydrogen-bond acceptors (Lipinski definition) is 3. The molecule has 0 amide bonds. The summed E-state index contributed by atoms with van der Waals surface area (Å²) in [4.78, 5) is -0.172. The molecular formula is C9H10Cl3NO3S. The molecule has 1 atom stereocenters.